The molecule has 0 saturated carbocycles. The minimum atomic E-state index is -0.714. The standard InChI is InChI=1S/C8H9N3O2S/c9-6(12)5-4-10-8-11(7(5)13)2-1-3-14-8/h4H,1-3H2,(H2,9,12). The van der Waals surface area contributed by atoms with Crippen molar-refractivity contribution in [3.8, 4) is 0 Å². The highest BCUT2D eigenvalue weighted by Gasteiger charge is 2.16. The number of carbonyl (C=O) groups excluding carboxylic acids is 1. The molecule has 0 unspecified atom stereocenters. The van der Waals surface area contributed by atoms with Gasteiger partial charge in [0.05, 0.1) is 0 Å². The van der Waals surface area contributed by atoms with E-state index in [9.17, 15) is 9.59 Å². The summed E-state index contributed by atoms with van der Waals surface area (Å²) >= 11 is 1.52. The molecule has 1 aromatic rings. The van der Waals surface area contributed by atoms with Crippen LogP contribution in [0.25, 0.3) is 0 Å². The van der Waals surface area contributed by atoms with Crippen LogP contribution in [0.2, 0.25) is 0 Å². The smallest absolute Gasteiger partial charge is 0.267 e. The van der Waals surface area contributed by atoms with Crippen LogP contribution in [0, 0.1) is 0 Å². The summed E-state index contributed by atoms with van der Waals surface area (Å²) in [4.78, 5) is 26.6. The topological polar surface area (TPSA) is 78.0 Å². The van der Waals surface area contributed by atoms with Gasteiger partial charge in [0.1, 0.15) is 5.56 Å². The number of hydrogen-bond donors (Lipinski definition) is 1. The molecule has 2 rings (SSSR count). The lowest BCUT2D eigenvalue weighted by Gasteiger charge is -2.16. The molecule has 1 aliphatic rings. The quantitative estimate of drug-likeness (QED) is 0.655. The Morgan fingerprint density at radius 3 is 3.14 bits per heavy atom. The Balaban J connectivity index is 2.60. The van der Waals surface area contributed by atoms with Crippen molar-refractivity contribution in [2.24, 2.45) is 5.73 Å². The highest BCUT2D eigenvalue weighted by Crippen LogP contribution is 2.20. The van der Waals surface area contributed by atoms with E-state index in [-0.39, 0.29) is 11.1 Å². The van der Waals surface area contributed by atoms with Gasteiger partial charge in [-0.25, -0.2) is 4.98 Å². The second-order valence-corrected chi connectivity index (χ2v) is 4.04. The molecule has 0 aromatic carbocycles. The molecule has 1 aliphatic heterocycles. The maximum atomic E-state index is 11.7. The number of nitrogens with two attached hydrogens (primary N) is 1. The van der Waals surface area contributed by atoms with Crippen LogP contribution in [0.4, 0.5) is 0 Å². The molecule has 5 nitrogen and oxygen atoms in total. The number of primary amides is 1. The van der Waals surface area contributed by atoms with Crippen LogP contribution in [0.15, 0.2) is 16.1 Å². The first-order chi connectivity index (χ1) is 6.70. The molecular formula is C8H9N3O2S. The number of rotatable bonds is 1. The van der Waals surface area contributed by atoms with Crippen LogP contribution in [-0.2, 0) is 6.54 Å². The van der Waals surface area contributed by atoms with Gasteiger partial charge in [0.25, 0.3) is 11.5 Å². The predicted molar refractivity (Wildman–Crippen MR) is 52.4 cm³/mol. The summed E-state index contributed by atoms with van der Waals surface area (Å²) in [7, 11) is 0. The summed E-state index contributed by atoms with van der Waals surface area (Å²) in [6, 6.07) is 0. The Bertz CT molecular complexity index is 441. The van der Waals surface area contributed by atoms with Crippen LogP contribution in [0.3, 0.4) is 0 Å². The third-order valence-corrected chi connectivity index (χ3v) is 3.11. The Kier molecular flexibility index (Phi) is 2.28. The zero-order valence-corrected chi connectivity index (χ0v) is 8.21. The predicted octanol–water partition coefficient (Wildman–Crippen LogP) is -0.162. The number of thioether (sulfide) groups is 1. The molecule has 0 bridgehead atoms. The molecule has 1 aromatic heterocycles. The van der Waals surface area contributed by atoms with Gasteiger partial charge in [-0.2, -0.15) is 0 Å². The van der Waals surface area contributed by atoms with Crippen LogP contribution in [0.1, 0.15) is 16.8 Å². The van der Waals surface area contributed by atoms with Gasteiger partial charge in [0, 0.05) is 18.5 Å². The summed E-state index contributed by atoms with van der Waals surface area (Å²) in [5, 5.41) is 0.672. The summed E-state index contributed by atoms with van der Waals surface area (Å²) < 4.78 is 1.51. The Labute approximate surface area is 84.3 Å². The van der Waals surface area contributed by atoms with E-state index < -0.39 is 5.91 Å². The summed E-state index contributed by atoms with van der Waals surface area (Å²) in [6.45, 7) is 0.620. The monoisotopic (exact) mass is 211 g/mol. The van der Waals surface area contributed by atoms with E-state index >= 15 is 0 Å². The van der Waals surface area contributed by atoms with Crippen molar-refractivity contribution in [2.45, 2.75) is 18.1 Å². The van der Waals surface area contributed by atoms with E-state index in [1.807, 2.05) is 0 Å². The molecule has 0 aliphatic carbocycles. The molecular weight excluding hydrogens is 202 g/mol. The maximum Gasteiger partial charge on any atom is 0.267 e. The summed E-state index contributed by atoms with van der Waals surface area (Å²) in [5.74, 6) is 0.246. The average molecular weight is 211 g/mol. The van der Waals surface area contributed by atoms with E-state index in [0.29, 0.717) is 11.7 Å². The lowest BCUT2D eigenvalue weighted by atomic mass is 10.3. The van der Waals surface area contributed by atoms with Crippen molar-refractivity contribution < 1.29 is 4.79 Å². The van der Waals surface area contributed by atoms with Gasteiger partial charge < -0.3 is 5.73 Å². The fourth-order valence-corrected chi connectivity index (χ4v) is 2.26. The van der Waals surface area contributed by atoms with E-state index in [4.69, 9.17) is 5.73 Å². The minimum absolute atomic E-state index is 0.0312. The van der Waals surface area contributed by atoms with Crippen molar-refractivity contribution in [3.63, 3.8) is 0 Å². The van der Waals surface area contributed by atoms with E-state index in [1.54, 1.807) is 0 Å². The zero-order valence-electron chi connectivity index (χ0n) is 7.40. The van der Waals surface area contributed by atoms with Crippen molar-refractivity contribution in [3.05, 3.63) is 22.1 Å². The van der Waals surface area contributed by atoms with Gasteiger partial charge in [-0.05, 0) is 6.42 Å². The Morgan fingerprint density at radius 1 is 1.64 bits per heavy atom. The van der Waals surface area contributed by atoms with Crippen molar-refractivity contribution in [1.29, 1.82) is 0 Å². The fourth-order valence-electron chi connectivity index (χ4n) is 1.34. The molecule has 0 spiro atoms. The van der Waals surface area contributed by atoms with Crippen molar-refractivity contribution >= 4 is 17.7 Å². The molecule has 0 atom stereocenters. The normalized spacial score (nSPS) is 14.9. The van der Waals surface area contributed by atoms with Crippen LogP contribution >= 0.6 is 11.8 Å². The van der Waals surface area contributed by atoms with E-state index in [0.717, 1.165) is 12.2 Å². The largest absolute Gasteiger partial charge is 0.365 e. The molecule has 6 heteroatoms. The van der Waals surface area contributed by atoms with Crippen LogP contribution in [0.5, 0.6) is 0 Å². The average Bonchev–Trinajstić information content (AvgIpc) is 2.18. The maximum absolute atomic E-state index is 11.7. The first kappa shape index (κ1) is 9.26. The van der Waals surface area contributed by atoms with Gasteiger partial charge in [-0.3, -0.25) is 14.2 Å². The summed E-state index contributed by atoms with van der Waals surface area (Å²) in [6.07, 6.45) is 2.18. The van der Waals surface area contributed by atoms with Crippen LogP contribution in [-0.4, -0.2) is 21.2 Å². The first-order valence-corrected chi connectivity index (χ1v) is 5.21. The molecule has 0 fully saturated rings. The number of nitrogens with zero attached hydrogens (tertiary/aromatic N) is 2. The fraction of sp³-hybridized carbons (Fsp3) is 0.375. The number of aromatic nitrogens is 2. The lowest BCUT2D eigenvalue weighted by molar-refractivity contribution is 0.0997. The highest BCUT2D eigenvalue weighted by molar-refractivity contribution is 7.99. The molecule has 14 heavy (non-hydrogen) atoms. The van der Waals surface area contributed by atoms with Gasteiger partial charge in [-0.15, -0.1) is 0 Å². The molecule has 0 saturated heterocycles. The molecule has 2 N–H and O–H groups in total. The molecule has 2 heterocycles. The molecule has 1 amide bonds. The van der Waals surface area contributed by atoms with Gasteiger partial charge in [0.2, 0.25) is 0 Å². The third-order valence-electron chi connectivity index (χ3n) is 2.03. The Morgan fingerprint density at radius 2 is 2.43 bits per heavy atom. The van der Waals surface area contributed by atoms with Gasteiger partial charge in [0.15, 0.2) is 5.16 Å². The zero-order chi connectivity index (χ0) is 10.1. The van der Waals surface area contributed by atoms with E-state index in [1.165, 1.54) is 22.5 Å². The second kappa shape index (κ2) is 3.45. The number of amides is 1. The number of hydrogen-bond acceptors (Lipinski definition) is 4. The van der Waals surface area contributed by atoms with Crippen molar-refractivity contribution in [1.82, 2.24) is 9.55 Å². The van der Waals surface area contributed by atoms with Crippen molar-refractivity contribution in [2.75, 3.05) is 5.75 Å². The number of carbonyl (C=O) groups is 1. The SMILES string of the molecule is NC(=O)c1cnc2n(c1=O)CCCS2. The third kappa shape index (κ3) is 1.41. The molecule has 0 radical (unpaired) electrons. The summed E-state index contributed by atoms with van der Waals surface area (Å²) in [5.41, 5.74) is 4.69. The Hall–Kier alpha value is -1.30. The van der Waals surface area contributed by atoms with Gasteiger partial charge >= 0.3 is 0 Å². The highest BCUT2D eigenvalue weighted by atomic mass is 32.2. The lowest BCUT2D eigenvalue weighted by Crippen LogP contribution is -2.32. The molecule has 74 valence electrons. The number of fused-ring (bicyclic) bond motifs is 1. The minimum Gasteiger partial charge on any atom is -0.365 e. The van der Waals surface area contributed by atoms with Gasteiger partial charge in [-0.1, -0.05) is 11.8 Å². The van der Waals surface area contributed by atoms with Crippen LogP contribution < -0.4 is 11.3 Å². The van der Waals surface area contributed by atoms with E-state index in [2.05, 4.69) is 4.98 Å². The second-order valence-electron chi connectivity index (χ2n) is 2.98. The first-order valence-electron chi connectivity index (χ1n) is 4.22.